The average molecular weight is 221 g/mol. The Hall–Kier alpha value is -2.31. The van der Waals surface area contributed by atoms with Crippen LogP contribution < -0.4 is 10.6 Å². The summed E-state index contributed by atoms with van der Waals surface area (Å²) < 4.78 is 1.49. The molecule has 16 heavy (non-hydrogen) atoms. The van der Waals surface area contributed by atoms with Gasteiger partial charge in [0.1, 0.15) is 0 Å². The van der Waals surface area contributed by atoms with Crippen molar-refractivity contribution in [1.29, 1.82) is 0 Å². The molecule has 2 aromatic heterocycles. The molecule has 84 valence electrons. The Morgan fingerprint density at radius 3 is 2.81 bits per heavy atom. The van der Waals surface area contributed by atoms with Gasteiger partial charge in [0.25, 0.3) is 0 Å². The van der Waals surface area contributed by atoms with E-state index in [9.17, 15) is 10.1 Å². The zero-order valence-electron chi connectivity index (χ0n) is 8.91. The van der Waals surface area contributed by atoms with Crippen molar-refractivity contribution in [3.8, 4) is 0 Å². The van der Waals surface area contributed by atoms with Crippen LogP contribution in [0.2, 0.25) is 0 Å². The van der Waals surface area contributed by atoms with E-state index >= 15 is 0 Å². The van der Waals surface area contributed by atoms with Gasteiger partial charge in [-0.25, -0.2) is 0 Å². The van der Waals surface area contributed by atoms with Crippen molar-refractivity contribution in [2.24, 2.45) is 0 Å². The Morgan fingerprint density at radius 1 is 1.56 bits per heavy atom. The number of rotatable bonds is 2. The Balaban J connectivity index is 2.74. The highest BCUT2D eigenvalue weighted by molar-refractivity contribution is 5.71. The second kappa shape index (κ2) is 3.37. The minimum Gasteiger partial charge on any atom is -0.378 e. The van der Waals surface area contributed by atoms with Gasteiger partial charge in [-0.05, 0) is 17.1 Å². The fraction of sp³-hybridized carbons (Fsp3) is 0.222. The minimum absolute atomic E-state index is 0.118. The molecule has 0 fully saturated rings. The quantitative estimate of drug-likeness (QED) is 0.600. The molecular formula is C9H11N5O2. The summed E-state index contributed by atoms with van der Waals surface area (Å²) in [5, 5.41) is 10.8. The molecule has 2 heterocycles. The fourth-order valence-corrected chi connectivity index (χ4v) is 1.49. The monoisotopic (exact) mass is 221 g/mol. The Kier molecular flexibility index (Phi) is 2.15. The Labute approximate surface area is 91.3 Å². The topological polar surface area (TPSA) is 89.7 Å². The van der Waals surface area contributed by atoms with Crippen LogP contribution in [-0.4, -0.2) is 28.4 Å². The molecule has 0 amide bonds. The SMILES string of the molecule is CN(C)c1ccn2c(N)nc([N+](=O)[O-])c2c1. The number of fused-ring (bicyclic) bond motifs is 1. The zero-order valence-corrected chi connectivity index (χ0v) is 8.91. The predicted molar refractivity (Wildman–Crippen MR) is 60.6 cm³/mol. The predicted octanol–water partition coefficient (Wildman–Crippen LogP) is 0.891. The number of hydrogen-bond acceptors (Lipinski definition) is 5. The molecule has 0 aliphatic heterocycles. The van der Waals surface area contributed by atoms with Gasteiger partial charge in [0.2, 0.25) is 0 Å². The first kappa shape index (κ1) is 10.2. The van der Waals surface area contributed by atoms with Gasteiger partial charge >= 0.3 is 11.8 Å². The maximum Gasteiger partial charge on any atom is 0.391 e. The summed E-state index contributed by atoms with van der Waals surface area (Å²) >= 11 is 0. The molecule has 7 heteroatoms. The lowest BCUT2D eigenvalue weighted by molar-refractivity contribution is -0.387. The lowest BCUT2D eigenvalue weighted by Crippen LogP contribution is -2.08. The normalized spacial score (nSPS) is 10.6. The molecule has 2 rings (SSSR count). The summed E-state index contributed by atoms with van der Waals surface area (Å²) in [7, 11) is 3.72. The first-order valence-electron chi connectivity index (χ1n) is 4.60. The zero-order chi connectivity index (χ0) is 11.9. The maximum atomic E-state index is 10.8. The van der Waals surface area contributed by atoms with Crippen LogP contribution in [0.25, 0.3) is 5.52 Å². The van der Waals surface area contributed by atoms with E-state index in [0.717, 1.165) is 5.69 Å². The third kappa shape index (κ3) is 1.42. The fourth-order valence-electron chi connectivity index (χ4n) is 1.49. The van der Waals surface area contributed by atoms with Crippen molar-refractivity contribution in [1.82, 2.24) is 9.38 Å². The third-order valence-electron chi connectivity index (χ3n) is 2.32. The molecule has 0 saturated carbocycles. The van der Waals surface area contributed by atoms with E-state index < -0.39 is 4.92 Å². The largest absolute Gasteiger partial charge is 0.391 e. The Bertz CT molecular complexity index is 560. The number of hydrogen-bond donors (Lipinski definition) is 1. The van der Waals surface area contributed by atoms with Crippen LogP contribution in [0.15, 0.2) is 18.3 Å². The molecule has 0 atom stereocenters. The van der Waals surface area contributed by atoms with Crippen LogP contribution in [-0.2, 0) is 0 Å². The second-order valence-electron chi connectivity index (χ2n) is 3.59. The van der Waals surface area contributed by atoms with Crippen molar-refractivity contribution in [3.63, 3.8) is 0 Å². The highest BCUT2D eigenvalue weighted by Crippen LogP contribution is 2.25. The molecule has 0 aliphatic rings. The standard InChI is InChI=1S/C9H11N5O2/c1-12(2)6-3-4-13-7(5-6)8(14(15)16)11-9(13)10/h3-5H,1-2H3,(H2,10,11). The number of nitrogen functional groups attached to an aromatic ring is 1. The summed E-state index contributed by atoms with van der Waals surface area (Å²) in [6.07, 6.45) is 1.67. The number of nitrogens with zero attached hydrogens (tertiary/aromatic N) is 4. The van der Waals surface area contributed by atoms with Gasteiger partial charge in [0.15, 0.2) is 5.52 Å². The summed E-state index contributed by atoms with van der Waals surface area (Å²) in [5.74, 6) is -0.104. The van der Waals surface area contributed by atoms with Gasteiger partial charge in [-0.1, -0.05) is 0 Å². The van der Waals surface area contributed by atoms with Gasteiger partial charge in [0, 0.05) is 31.0 Å². The summed E-state index contributed by atoms with van der Waals surface area (Å²) in [5.41, 5.74) is 6.83. The first-order valence-corrected chi connectivity index (χ1v) is 4.60. The number of anilines is 2. The van der Waals surface area contributed by atoms with Gasteiger partial charge in [-0.3, -0.25) is 4.40 Å². The third-order valence-corrected chi connectivity index (χ3v) is 2.32. The van der Waals surface area contributed by atoms with E-state index in [1.807, 2.05) is 25.1 Å². The minimum atomic E-state index is -0.537. The Morgan fingerprint density at radius 2 is 2.25 bits per heavy atom. The molecule has 2 N–H and O–H groups in total. The van der Waals surface area contributed by atoms with Crippen molar-refractivity contribution in [3.05, 3.63) is 28.4 Å². The van der Waals surface area contributed by atoms with Gasteiger partial charge in [0.05, 0.1) is 0 Å². The van der Waals surface area contributed by atoms with E-state index in [1.165, 1.54) is 4.40 Å². The van der Waals surface area contributed by atoms with E-state index in [-0.39, 0.29) is 11.8 Å². The molecule has 2 aromatic rings. The van der Waals surface area contributed by atoms with Gasteiger partial charge in [-0.15, -0.1) is 0 Å². The van der Waals surface area contributed by atoms with Crippen LogP contribution in [0.5, 0.6) is 0 Å². The maximum absolute atomic E-state index is 10.8. The van der Waals surface area contributed by atoms with Gasteiger partial charge < -0.3 is 20.7 Å². The molecule has 0 aliphatic carbocycles. The summed E-state index contributed by atoms with van der Waals surface area (Å²) in [6, 6.07) is 3.50. The van der Waals surface area contributed by atoms with Gasteiger partial charge in [-0.2, -0.15) is 0 Å². The van der Waals surface area contributed by atoms with Crippen molar-refractivity contribution in [2.75, 3.05) is 24.7 Å². The number of nitrogens with two attached hydrogens (primary N) is 1. The lowest BCUT2D eigenvalue weighted by atomic mass is 10.3. The molecule has 0 bridgehead atoms. The van der Waals surface area contributed by atoms with Crippen molar-refractivity contribution >= 4 is 23.0 Å². The first-order chi connectivity index (χ1) is 7.50. The average Bonchev–Trinajstić information content (AvgIpc) is 2.56. The molecule has 0 spiro atoms. The van der Waals surface area contributed by atoms with E-state index in [1.54, 1.807) is 12.3 Å². The van der Waals surface area contributed by atoms with Crippen LogP contribution >= 0.6 is 0 Å². The highest BCUT2D eigenvalue weighted by Gasteiger charge is 2.20. The van der Waals surface area contributed by atoms with Crippen LogP contribution in [0.4, 0.5) is 17.5 Å². The van der Waals surface area contributed by atoms with Crippen LogP contribution in [0, 0.1) is 10.1 Å². The smallest absolute Gasteiger partial charge is 0.378 e. The highest BCUT2D eigenvalue weighted by atomic mass is 16.6. The number of aromatic nitrogens is 2. The summed E-state index contributed by atoms with van der Waals surface area (Å²) in [6.45, 7) is 0. The number of pyridine rings is 1. The summed E-state index contributed by atoms with van der Waals surface area (Å²) in [4.78, 5) is 15.8. The van der Waals surface area contributed by atoms with E-state index in [0.29, 0.717) is 5.52 Å². The molecule has 0 unspecified atom stereocenters. The molecule has 0 saturated heterocycles. The molecular weight excluding hydrogens is 210 g/mol. The van der Waals surface area contributed by atoms with Crippen LogP contribution in [0.1, 0.15) is 0 Å². The van der Waals surface area contributed by atoms with Crippen LogP contribution in [0.3, 0.4) is 0 Å². The molecule has 0 radical (unpaired) electrons. The number of imidazole rings is 1. The van der Waals surface area contributed by atoms with E-state index in [4.69, 9.17) is 5.73 Å². The van der Waals surface area contributed by atoms with Crippen molar-refractivity contribution in [2.45, 2.75) is 0 Å². The lowest BCUT2D eigenvalue weighted by Gasteiger charge is -2.11. The van der Waals surface area contributed by atoms with Crippen molar-refractivity contribution < 1.29 is 4.92 Å². The molecule has 7 nitrogen and oxygen atoms in total. The molecule has 0 aromatic carbocycles. The van der Waals surface area contributed by atoms with E-state index in [2.05, 4.69) is 4.98 Å². The second-order valence-corrected chi connectivity index (χ2v) is 3.59. The number of nitro groups is 1.